The van der Waals surface area contributed by atoms with Crippen LogP contribution in [0.15, 0.2) is 40.5 Å². The van der Waals surface area contributed by atoms with Crippen LogP contribution in [0.4, 0.5) is 5.13 Å². The van der Waals surface area contributed by atoms with Crippen molar-refractivity contribution in [1.82, 2.24) is 9.29 Å². The second kappa shape index (κ2) is 12.3. The fraction of sp³-hybridized carbons (Fsp3) is 0.476. The number of nitrogens with zero attached hydrogens (tertiary/aromatic N) is 3. The number of benzene rings is 1. The molecule has 0 aliphatic carbocycles. The number of sulfonamides is 1. The Balaban J connectivity index is 1.82. The Morgan fingerprint density at radius 1 is 1.29 bits per heavy atom. The summed E-state index contributed by atoms with van der Waals surface area (Å²) in [6, 6.07) is 5.88. The van der Waals surface area contributed by atoms with Gasteiger partial charge in [0.15, 0.2) is 16.9 Å². The number of ether oxygens (including phenoxy) is 3. The average Bonchev–Trinajstić information content (AvgIpc) is 3.50. The fourth-order valence-corrected chi connectivity index (χ4v) is 4.92. The van der Waals surface area contributed by atoms with Crippen LogP contribution in [0.25, 0.3) is 0 Å². The van der Waals surface area contributed by atoms with Crippen LogP contribution >= 0.6 is 11.3 Å². The number of likely N-dealkylation sites (N-methyl/N-ethyl adjacent to an activating group) is 1. The van der Waals surface area contributed by atoms with E-state index in [9.17, 15) is 13.2 Å². The molecule has 1 atom stereocenters. The van der Waals surface area contributed by atoms with Gasteiger partial charge >= 0.3 is 0 Å². The highest BCUT2D eigenvalue weighted by molar-refractivity contribution is 7.89. The Bertz CT molecular complexity index is 1080. The molecule has 1 aliphatic rings. The zero-order valence-corrected chi connectivity index (χ0v) is 20.9. The van der Waals surface area contributed by atoms with Crippen molar-refractivity contribution < 1.29 is 32.3 Å². The Morgan fingerprint density at radius 3 is 2.71 bits per heavy atom. The molecular weight excluding hydrogens is 484 g/mol. The molecule has 1 fully saturated rings. The fourth-order valence-electron chi connectivity index (χ4n) is 2.98. The second-order valence-corrected chi connectivity index (χ2v) is 10.6. The standard InChI is InChI=1S/C21H28N4O7S2/c1-25(9-11-29-2)34(27,28)18-6-4-15(5-7-18)19(24-32-16-8-10-31-13-16)20(26)23-21-22-12-17(33-21)14-30-3/h4-7,12,16H,8-11,13-14H2,1-3H3,(H,22,23,26)/t16-/m1/s1. The van der Waals surface area contributed by atoms with Gasteiger partial charge in [-0.05, 0) is 12.1 Å². The van der Waals surface area contributed by atoms with Crippen molar-refractivity contribution in [2.75, 3.05) is 52.9 Å². The minimum Gasteiger partial charge on any atom is -0.389 e. The van der Waals surface area contributed by atoms with Crippen LogP contribution in [-0.4, -0.2) is 83.1 Å². The number of oxime groups is 1. The highest BCUT2D eigenvalue weighted by Gasteiger charge is 2.24. The van der Waals surface area contributed by atoms with Crippen LogP contribution in [0.2, 0.25) is 0 Å². The van der Waals surface area contributed by atoms with Gasteiger partial charge in [0.2, 0.25) is 10.0 Å². The van der Waals surface area contributed by atoms with Crippen molar-refractivity contribution in [2.45, 2.75) is 24.0 Å². The van der Waals surface area contributed by atoms with E-state index in [4.69, 9.17) is 19.0 Å². The number of methoxy groups -OCH3 is 2. The zero-order chi connectivity index (χ0) is 24.6. The van der Waals surface area contributed by atoms with Crippen molar-refractivity contribution in [1.29, 1.82) is 0 Å². The molecule has 1 aromatic heterocycles. The number of rotatable bonds is 12. The first-order valence-electron chi connectivity index (χ1n) is 10.5. The van der Waals surface area contributed by atoms with E-state index in [1.807, 2.05) is 0 Å². The van der Waals surface area contributed by atoms with Crippen LogP contribution in [0.3, 0.4) is 0 Å². The first kappa shape index (κ1) is 26.2. The number of amides is 1. The highest BCUT2D eigenvalue weighted by atomic mass is 32.2. The van der Waals surface area contributed by atoms with Gasteiger partial charge in [0, 0.05) is 46.0 Å². The summed E-state index contributed by atoms with van der Waals surface area (Å²) >= 11 is 1.28. The van der Waals surface area contributed by atoms with Crippen molar-refractivity contribution in [2.24, 2.45) is 5.16 Å². The molecule has 2 heterocycles. The number of hydrogen-bond acceptors (Lipinski definition) is 10. The highest BCUT2D eigenvalue weighted by Crippen LogP contribution is 2.20. The molecule has 0 unspecified atom stereocenters. The van der Waals surface area contributed by atoms with Gasteiger partial charge in [-0.1, -0.05) is 28.6 Å². The minimum absolute atomic E-state index is 0.00734. The normalized spacial score (nSPS) is 16.7. The van der Waals surface area contributed by atoms with Gasteiger partial charge < -0.3 is 19.0 Å². The largest absolute Gasteiger partial charge is 0.389 e. The summed E-state index contributed by atoms with van der Waals surface area (Å²) in [6.45, 7) is 1.82. The lowest BCUT2D eigenvalue weighted by Crippen LogP contribution is -2.30. The van der Waals surface area contributed by atoms with Crippen LogP contribution < -0.4 is 5.32 Å². The van der Waals surface area contributed by atoms with Gasteiger partial charge in [0.25, 0.3) is 5.91 Å². The van der Waals surface area contributed by atoms with Crippen molar-refractivity contribution in [3.05, 3.63) is 40.9 Å². The van der Waals surface area contributed by atoms with Crippen LogP contribution in [0, 0.1) is 0 Å². The molecule has 0 saturated carbocycles. The Kier molecular flexibility index (Phi) is 9.50. The lowest BCUT2D eigenvalue weighted by Gasteiger charge is -2.17. The lowest BCUT2D eigenvalue weighted by molar-refractivity contribution is -0.110. The third-order valence-electron chi connectivity index (χ3n) is 4.90. The maximum atomic E-state index is 13.0. The monoisotopic (exact) mass is 512 g/mol. The van der Waals surface area contributed by atoms with Crippen LogP contribution in [-0.2, 0) is 40.5 Å². The minimum atomic E-state index is -3.71. The van der Waals surface area contributed by atoms with Crippen molar-refractivity contribution in [3.63, 3.8) is 0 Å². The molecule has 2 aromatic rings. The second-order valence-electron chi connectivity index (χ2n) is 7.39. The van der Waals surface area contributed by atoms with E-state index in [-0.39, 0.29) is 29.9 Å². The number of thiazole rings is 1. The Hall–Kier alpha value is -2.42. The quantitative estimate of drug-likeness (QED) is 0.336. The molecule has 1 saturated heterocycles. The summed E-state index contributed by atoms with van der Waals surface area (Å²) in [7, 11) is 0.853. The summed E-state index contributed by atoms with van der Waals surface area (Å²) in [6.07, 6.45) is 2.02. The summed E-state index contributed by atoms with van der Waals surface area (Å²) in [5.74, 6) is -0.537. The van der Waals surface area contributed by atoms with Crippen LogP contribution in [0.1, 0.15) is 16.9 Å². The summed E-state index contributed by atoms with van der Waals surface area (Å²) in [4.78, 5) is 23.7. The number of hydrogen-bond donors (Lipinski definition) is 1. The van der Waals surface area contributed by atoms with E-state index in [0.29, 0.717) is 36.9 Å². The number of nitrogens with one attached hydrogen (secondary N) is 1. The molecule has 3 rings (SSSR count). The molecule has 1 aromatic carbocycles. The molecule has 1 amide bonds. The third-order valence-corrected chi connectivity index (χ3v) is 7.66. The maximum Gasteiger partial charge on any atom is 0.280 e. The summed E-state index contributed by atoms with van der Waals surface area (Å²) in [5, 5.41) is 7.18. The molecule has 1 aliphatic heterocycles. The molecule has 0 radical (unpaired) electrons. The van der Waals surface area contributed by atoms with Gasteiger partial charge in [-0.25, -0.2) is 13.4 Å². The summed E-state index contributed by atoms with van der Waals surface area (Å²) in [5.41, 5.74) is 0.385. The van der Waals surface area contributed by atoms with Gasteiger partial charge in [-0.15, -0.1) is 0 Å². The van der Waals surface area contributed by atoms with Gasteiger partial charge in [0.1, 0.15) is 0 Å². The molecule has 11 nitrogen and oxygen atoms in total. The SMILES string of the molecule is COCCN(C)S(=O)(=O)c1ccc(C(=NO[C@@H]2CCOC2)C(=O)Nc2ncc(COC)s2)cc1. The van der Waals surface area contributed by atoms with E-state index >= 15 is 0 Å². The van der Waals surface area contributed by atoms with Crippen molar-refractivity contribution >= 4 is 38.1 Å². The molecule has 13 heteroatoms. The number of carbonyl (C=O) groups excluding carboxylic acids is 1. The molecule has 0 spiro atoms. The summed E-state index contributed by atoms with van der Waals surface area (Å²) < 4.78 is 42.0. The lowest BCUT2D eigenvalue weighted by atomic mass is 10.1. The predicted molar refractivity (Wildman–Crippen MR) is 126 cm³/mol. The van der Waals surface area contributed by atoms with Gasteiger partial charge in [-0.3, -0.25) is 10.1 Å². The van der Waals surface area contributed by atoms with Gasteiger partial charge in [0.05, 0.1) is 36.2 Å². The molecule has 1 N–H and O–H groups in total. The molecule has 0 bridgehead atoms. The smallest absolute Gasteiger partial charge is 0.280 e. The third kappa shape index (κ3) is 6.81. The van der Waals surface area contributed by atoms with E-state index in [2.05, 4.69) is 15.5 Å². The number of anilines is 1. The van der Waals surface area contributed by atoms with Gasteiger partial charge in [-0.2, -0.15) is 4.31 Å². The molecule has 34 heavy (non-hydrogen) atoms. The first-order valence-corrected chi connectivity index (χ1v) is 12.7. The van der Waals surface area contributed by atoms with E-state index in [1.54, 1.807) is 13.3 Å². The Labute approximate surface area is 202 Å². The van der Waals surface area contributed by atoms with Crippen molar-refractivity contribution in [3.8, 4) is 0 Å². The molecular formula is C21H28N4O7S2. The molecule has 186 valence electrons. The number of carbonyl (C=O) groups is 1. The van der Waals surface area contributed by atoms with E-state index in [1.165, 1.54) is 54.1 Å². The average molecular weight is 513 g/mol. The zero-order valence-electron chi connectivity index (χ0n) is 19.2. The topological polar surface area (TPSA) is 129 Å². The van der Waals surface area contributed by atoms with E-state index in [0.717, 1.165) is 4.88 Å². The number of aromatic nitrogens is 1. The van der Waals surface area contributed by atoms with E-state index < -0.39 is 15.9 Å². The Morgan fingerprint density at radius 2 is 2.06 bits per heavy atom. The van der Waals surface area contributed by atoms with Crippen LogP contribution in [0.5, 0.6) is 0 Å². The maximum absolute atomic E-state index is 13.0. The first-order chi connectivity index (χ1) is 16.3. The predicted octanol–water partition coefficient (Wildman–Crippen LogP) is 1.70.